The number of ether oxygens (including phenoxy) is 5. The topological polar surface area (TPSA) is 110 Å². The summed E-state index contributed by atoms with van der Waals surface area (Å²) >= 11 is 0. The lowest BCUT2D eigenvalue weighted by atomic mass is 9.62. The third-order valence-electron chi connectivity index (χ3n) is 7.50. The molecule has 2 aliphatic rings. The Hall–Kier alpha value is -4.14. The number of methoxy groups -OCH3 is 3. The van der Waals surface area contributed by atoms with E-state index >= 15 is 0 Å². The highest BCUT2D eigenvalue weighted by Crippen LogP contribution is 2.51. The standard InChI is InChI=1S/C31H35NO8/c1-7-39-30(34)25-17(3)32-22-16-20(19-11-9-10-12-23(19)37-5)27(31(35)40-8-2)29(33)28(22)26(25)21-15-18(36-4)13-14-24(21)38-6/h9-15,20,26-28H,7-8,16H2,1-6H3/t20-,26-,27+,28?/m1/s1. The van der Waals surface area contributed by atoms with Gasteiger partial charge in [0.15, 0.2) is 5.78 Å². The lowest BCUT2D eigenvalue weighted by molar-refractivity contribution is -0.153. The van der Waals surface area contributed by atoms with Gasteiger partial charge in [0.25, 0.3) is 0 Å². The molecule has 4 rings (SSSR count). The fourth-order valence-corrected chi connectivity index (χ4v) is 5.84. The molecule has 1 aliphatic carbocycles. The van der Waals surface area contributed by atoms with Crippen molar-refractivity contribution in [3.05, 3.63) is 64.9 Å². The van der Waals surface area contributed by atoms with Gasteiger partial charge in [0, 0.05) is 28.8 Å². The molecule has 1 heterocycles. The van der Waals surface area contributed by atoms with Crippen molar-refractivity contribution in [2.24, 2.45) is 16.8 Å². The molecular weight excluding hydrogens is 514 g/mol. The Morgan fingerprint density at radius 1 is 0.875 bits per heavy atom. The monoisotopic (exact) mass is 549 g/mol. The molecule has 1 saturated carbocycles. The minimum atomic E-state index is -1.14. The summed E-state index contributed by atoms with van der Waals surface area (Å²) in [6.45, 7) is 5.41. The number of carbonyl (C=O) groups is 3. The van der Waals surface area contributed by atoms with Crippen LogP contribution >= 0.6 is 0 Å². The number of Topliss-reactive ketones (excluding diaryl/α,β-unsaturated/α-hetero) is 1. The highest BCUT2D eigenvalue weighted by molar-refractivity contribution is 6.18. The number of allylic oxidation sites excluding steroid dienone is 1. The molecule has 2 aromatic carbocycles. The van der Waals surface area contributed by atoms with Gasteiger partial charge >= 0.3 is 11.9 Å². The number of fused-ring (bicyclic) bond motifs is 1. The molecular formula is C31H35NO8. The highest BCUT2D eigenvalue weighted by atomic mass is 16.5. The molecule has 1 fully saturated rings. The van der Waals surface area contributed by atoms with Crippen LogP contribution in [0.1, 0.15) is 50.2 Å². The summed E-state index contributed by atoms with van der Waals surface area (Å²) < 4.78 is 27.6. The maximum atomic E-state index is 14.6. The first-order valence-corrected chi connectivity index (χ1v) is 13.3. The molecule has 1 aliphatic heterocycles. The quantitative estimate of drug-likeness (QED) is 0.329. The lowest BCUT2D eigenvalue weighted by Gasteiger charge is -2.41. The third-order valence-corrected chi connectivity index (χ3v) is 7.50. The molecule has 9 heteroatoms. The average Bonchev–Trinajstić information content (AvgIpc) is 2.96. The number of ketones is 1. The van der Waals surface area contributed by atoms with Crippen LogP contribution in [0.15, 0.2) is 58.7 Å². The first kappa shape index (κ1) is 28.9. The number of para-hydroxylation sites is 1. The van der Waals surface area contributed by atoms with Gasteiger partial charge in [-0.3, -0.25) is 14.6 Å². The summed E-state index contributed by atoms with van der Waals surface area (Å²) in [6, 6.07) is 12.5. The molecule has 2 aromatic rings. The minimum absolute atomic E-state index is 0.118. The average molecular weight is 550 g/mol. The van der Waals surface area contributed by atoms with E-state index in [1.54, 1.807) is 52.1 Å². The summed E-state index contributed by atoms with van der Waals surface area (Å²) in [7, 11) is 4.60. The normalized spacial score (nSPS) is 22.1. The minimum Gasteiger partial charge on any atom is -0.497 e. The fourth-order valence-electron chi connectivity index (χ4n) is 5.84. The number of rotatable bonds is 9. The van der Waals surface area contributed by atoms with Crippen LogP contribution in [0.25, 0.3) is 0 Å². The number of esters is 2. The van der Waals surface area contributed by atoms with Crippen LogP contribution < -0.4 is 14.2 Å². The van der Waals surface area contributed by atoms with E-state index in [1.165, 1.54) is 14.2 Å². The van der Waals surface area contributed by atoms with E-state index in [0.717, 1.165) is 0 Å². The maximum absolute atomic E-state index is 14.6. The van der Waals surface area contributed by atoms with Gasteiger partial charge in [0.05, 0.1) is 46.0 Å². The molecule has 212 valence electrons. The zero-order valence-electron chi connectivity index (χ0n) is 23.7. The number of nitrogens with zero attached hydrogens (tertiary/aromatic N) is 1. The van der Waals surface area contributed by atoms with Crippen LogP contribution in [-0.2, 0) is 23.9 Å². The Labute approximate surface area is 234 Å². The van der Waals surface area contributed by atoms with E-state index in [2.05, 4.69) is 0 Å². The van der Waals surface area contributed by atoms with Gasteiger partial charge in [-0.2, -0.15) is 0 Å². The third kappa shape index (κ3) is 5.20. The summed E-state index contributed by atoms with van der Waals surface area (Å²) in [5, 5.41) is 0. The number of hydrogen-bond acceptors (Lipinski definition) is 9. The second kappa shape index (κ2) is 12.4. The lowest BCUT2D eigenvalue weighted by Crippen LogP contribution is -2.49. The molecule has 0 spiro atoms. The summed E-state index contributed by atoms with van der Waals surface area (Å²) in [5.74, 6) is -3.48. The van der Waals surface area contributed by atoms with Gasteiger partial charge in [-0.05, 0) is 57.0 Å². The zero-order valence-corrected chi connectivity index (χ0v) is 23.7. The molecule has 4 atom stereocenters. The van der Waals surface area contributed by atoms with Crippen LogP contribution in [0.3, 0.4) is 0 Å². The van der Waals surface area contributed by atoms with Crippen LogP contribution in [-0.4, -0.2) is 58.0 Å². The highest BCUT2D eigenvalue weighted by Gasteiger charge is 2.54. The van der Waals surface area contributed by atoms with Gasteiger partial charge in [-0.25, -0.2) is 4.79 Å². The van der Waals surface area contributed by atoms with Crippen molar-refractivity contribution in [3.63, 3.8) is 0 Å². The fraction of sp³-hybridized carbons (Fsp3) is 0.419. The Bertz CT molecular complexity index is 1360. The van der Waals surface area contributed by atoms with Crippen molar-refractivity contribution in [1.82, 2.24) is 0 Å². The van der Waals surface area contributed by atoms with Crippen LogP contribution in [0.2, 0.25) is 0 Å². The first-order chi connectivity index (χ1) is 19.3. The summed E-state index contributed by atoms with van der Waals surface area (Å²) in [5.41, 5.74) is 2.54. The molecule has 1 unspecified atom stereocenters. The first-order valence-electron chi connectivity index (χ1n) is 13.3. The maximum Gasteiger partial charge on any atom is 0.336 e. The van der Waals surface area contributed by atoms with E-state index in [4.69, 9.17) is 28.7 Å². The van der Waals surface area contributed by atoms with Gasteiger partial charge in [-0.15, -0.1) is 0 Å². The SMILES string of the molecule is CCOC(=O)C1=C(C)N=C2C[C@H](c3ccccc3OC)[C@H](C(=O)OCC)C(=O)C2[C@@H]1c1cc(OC)ccc1OC. The second-order valence-corrected chi connectivity index (χ2v) is 9.57. The van der Waals surface area contributed by atoms with Crippen molar-refractivity contribution in [2.75, 3.05) is 34.5 Å². The zero-order chi connectivity index (χ0) is 29.0. The number of carbonyl (C=O) groups excluding carboxylic acids is 3. The smallest absolute Gasteiger partial charge is 0.336 e. The largest absolute Gasteiger partial charge is 0.497 e. The molecule has 0 aromatic heterocycles. The van der Waals surface area contributed by atoms with Crippen LogP contribution in [0.4, 0.5) is 0 Å². The van der Waals surface area contributed by atoms with Gasteiger partial charge in [0.1, 0.15) is 23.2 Å². The molecule has 0 radical (unpaired) electrons. The van der Waals surface area contributed by atoms with E-state index in [1.807, 2.05) is 18.2 Å². The van der Waals surface area contributed by atoms with Crippen molar-refractivity contribution < 1.29 is 38.1 Å². The predicted molar refractivity (Wildman–Crippen MR) is 148 cm³/mol. The molecule has 0 bridgehead atoms. The summed E-state index contributed by atoms with van der Waals surface area (Å²) in [6.07, 6.45) is 0.288. The number of benzene rings is 2. The van der Waals surface area contributed by atoms with Crippen molar-refractivity contribution >= 4 is 23.4 Å². The van der Waals surface area contributed by atoms with Crippen molar-refractivity contribution in [3.8, 4) is 17.2 Å². The molecule has 0 N–H and O–H groups in total. The van der Waals surface area contributed by atoms with Crippen LogP contribution in [0.5, 0.6) is 17.2 Å². The molecule has 0 saturated heterocycles. The Morgan fingerprint density at radius 2 is 1.55 bits per heavy atom. The predicted octanol–water partition coefficient (Wildman–Crippen LogP) is 4.64. The van der Waals surface area contributed by atoms with Crippen molar-refractivity contribution in [1.29, 1.82) is 0 Å². The van der Waals surface area contributed by atoms with Gasteiger partial charge < -0.3 is 23.7 Å². The number of aliphatic imine (C=N–C) groups is 1. The Kier molecular flexibility index (Phi) is 8.92. The van der Waals surface area contributed by atoms with E-state index in [9.17, 15) is 14.4 Å². The van der Waals surface area contributed by atoms with Crippen molar-refractivity contribution in [2.45, 2.75) is 39.0 Å². The summed E-state index contributed by atoms with van der Waals surface area (Å²) in [4.78, 5) is 46.2. The Morgan fingerprint density at radius 3 is 2.20 bits per heavy atom. The van der Waals surface area contributed by atoms with E-state index in [-0.39, 0.29) is 31.0 Å². The van der Waals surface area contributed by atoms with E-state index < -0.39 is 35.6 Å². The van der Waals surface area contributed by atoms with Crippen LogP contribution in [0, 0.1) is 11.8 Å². The van der Waals surface area contributed by atoms with E-state index in [0.29, 0.717) is 39.8 Å². The molecule has 40 heavy (non-hydrogen) atoms. The Balaban J connectivity index is 1.97. The molecule has 0 amide bonds. The van der Waals surface area contributed by atoms with Gasteiger partial charge in [-0.1, -0.05) is 18.2 Å². The van der Waals surface area contributed by atoms with Gasteiger partial charge in [0.2, 0.25) is 0 Å². The number of hydrogen-bond donors (Lipinski definition) is 0. The second-order valence-electron chi connectivity index (χ2n) is 9.57. The molecule has 9 nitrogen and oxygen atoms in total.